The molecule has 0 radical (unpaired) electrons. The Morgan fingerprint density at radius 2 is 1.62 bits per heavy atom. The molecule has 1 N–H and O–H groups in total. The Morgan fingerprint density at radius 1 is 1.00 bits per heavy atom. The summed E-state index contributed by atoms with van der Waals surface area (Å²) in [5.41, 5.74) is 0.788. The minimum absolute atomic E-state index is 0.204. The third-order valence-electron chi connectivity index (χ3n) is 5.10. The highest BCUT2D eigenvalue weighted by atomic mass is 32.2. The fourth-order valence-electron chi connectivity index (χ4n) is 3.33. The van der Waals surface area contributed by atoms with Crippen LogP contribution in [0.5, 0.6) is 0 Å². The quantitative estimate of drug-likeness (QED) is 0.628. The zero-order chi connectivity index (χ0) is 23.1. The number of piperidine rings is 1. The Hall–Kier alpha value is -3.24. The van der Waals surface area contributed by atoms with E-state index in [4.69, 9.17) is 4.74 Å². The van der Waals surface area contributed by atoms with Gasteiger partial charge in [-0.2, -0.15) is 4.31 Å². The number of sulfonamides is 1. The molecule has 1 aliphatic heterocycles. The number of hydrogen-bond acceptors (Lipinski definition) is 7. The number of nitrogens with zero attached hydrogens (tertiary/aromatic N) is 1. The first-order valence-electron chi connectivity index (χ1n) is 10.0. The molecule has 0 atom stereocenters. The van der Waals surface area contributed by atoms with Crippen LogP contribution in [0.15, 0.2) is 59.5 Å². The van der Waals surface area contributed by atoms with Crippen LogP contribution >= 0.6 is 0 Å². The number of ether oxygens (including phenoxy) is 2. The highest BCUT2D eigenvalue weighted by Gasteiger charge is 2.32. The molecule has 1 aliphatic rings. The van der Waals surface area contributed by atoms with Crippen molar-refractivity contribution in [3.63, 3.8) is 0 Å². The fourth-order valence-corrected chi connectivity index (χ4v) is 4.82. The van der Waals surface area contributed by atoms with E-state index in [1.165, 1.54) is 47.8 Å². The molecule has 170 valence electrons. The van der Waals surface area contributed by atoms with Crippen molar-refractivity contribution in [3.05, 3.63) is 60.2 Å². The molecule has 0 unspecified atom stereocenters. The lowest BCUT2D eigenvalue weighted by atomic mass is 9.98. The molecule has 10 heteroatoms. The zero-order valence-electron chi connectivity index (χ0n) is 17.5. The Balaban J connectivity index is 1.45. The number of benzene rings is 2. The van der Waals surface area contributed by atoms with Gasteiger partial charge in [0, 0.05) is 18.8 Å². The Labute approximate surface area is 186 Å². The van der Waals surface area contributed by atoms with Gasteiger partial charge in [0.1, 0.15) is 0 Å². The molecule has 1 amide bonds. The number of nitrogens with one attached hydrogen (secondary N) is 1. The molecule has 0 saturated carbocycles. The molecule has 2 aromatic carbocycles. The SMILES string of the molecule is COC(=O)c1ccc(NC(=O)COC(=O)C2CCN(S(=O)(=O)c3ccccc3)CC2)cc1. The predicted octanol–water partition coefficient (Wildman–Crippen LogP) is 2.06. The van der Waals surface area contributed by atoms with Crippen LogP contribution in [0.1, 0.15) is 23.2 Å². The summed E-state index contributed by atoms with van der Waals surface area (Å²) < 4.78 is 36.4. The molecule has 3 rings (SSSR count). The first-order valence-corrected chi connectivity index (χ1v) is 11.5. The van der Waals surface area contributed by atoms with Crippen LogP contribution < -0.4 is 5.32 Å². The van der Waals surface area contributed by atoms with E-state index in [-0.39, 0.29) is 18.0 Å². The van der Waals surface area contributed by atoms with Crippen molar-refractivity contribution >= 4 is 33.6 Å². The number of hydrogen-bond donors (Lipinski definition) is 1. The topological polar surface area (TPSA) is 119 Å². The second kappa shape index (κ2) is 10.4. The summed E-state index contributed by atoms with van der Waals surface area (Å²) in [6.07, 6.45) is 0.642. The third-order valence-corrected chi connectivity index (χ3v) is 7.02. The van der Waals surface area contributed by atoms with E-state index in [1.54, 1.807) is 18.2 Å². The largest absolute Gasteiger partial charge is 0.465 e. The van der Waals surface area contributed by atoms with Gasteiger partial charge in [0.15, 0.2) is 6.61 Å². The molecule has 1 heterocycles. The zero-order valence-corrected chi connectivity index (χ0v) is 18.3. The van der Waals surface area contributed by atoms with E-state index >= 15 is 0 Å². The number of carbonyl (C=O) groups excluding carboxylic acids is 3. The lowest BCUT2D eigenvalue weighted by Gasteiger charge is -2.30. The Bertz CT molecular complexity index is 1060. The van der Waals surface area contributed by atoms with E-state index in [0.717, 1.165) is 0 Å². The number of methoxy groups -OCH3 is 1. The van der Waals surface area contributed by atoms with Crippen LogP contribution in [-0.2, 0) is 29.1 Å². The van der Waals surface area contributed by atoms with Gasteiger partial charge < -0.3 is 14.8 Å². The smallest absolute Gasteiger partial charge is 0.337 e. The highest BCUT2D eigenvalue weighted by molar-refractivity contribution is 7.89. The van der Waals surface area contributed by atoms with Crippen molar-refractivity contribution in [3.8, 4) is 0 Å². The minimum atomic E-state index is -3.59. The molecule has 9 nitrogen and oxygen atoms in total. The van der Waals surface area contributed by atoms with Gasteiger partial charge in [-0.15, -0.1) is 0 Å². The van der Waals surface area contributed by atoms with Gasteiger partial charge in [-0.05, 0) is 49.2 Å². The summed E-state index contributed by atoms with van der Waals surface area (Å²) in [7, 11) is -2.32. The van der Waals surface area contributed by atoms with Crippen molar-refractivity contribution in [1.82, 2.24) is 4.31 Å². The Kier molecular flexibility index (Phi) is 7.60. The van der Waals surface area contributed by atoms with Gasteiger partial charge in [0.2, 0.25) is 10.0 Å². The number of esters is 2. The van der Waals surface area contributed by atoms with E-state index in [2.05, 4.69) is 10.1 Å². The molecule has 2 aromatic rings. The number of rotatable bonds is 7. The standard InChI is InChI=1S/C22H24N2O7S/c1-30-21(26)16-7-9-18(10-8-16)23-20(25)15-31-22(27)17-11-13-24(14-12-17)32(28,29)19-5-3-2-4-6-19/h2-10,17H,11-15H2,1H3,(H,23,25). The molecule has 1 fully saturated rings. The lowest BCUT2D eigenvalue weighted by molar-refractivity contribution is -0.152. The van der Waals surface area contributed by atoms with Gasteiger partial charge in [-0.25, -0.2) is 13.2 Å². The summed E-state index contributed by atoms with van der Waals surface area (Å²) in [4.78, 5) is 36.0. The molecular weight excluding hydrogens is 436 g/mol. The molecule has 0 aliphatic carbocycles. The van der Waals surface area contributed by atoms with Crippen molar-refractivity contribution in [2.45, 2.75) is 17.7 Å². The first-order chi connectivity index (χ1) is 15.3. The normalized spacial score (nSPS) is 15.0. The number of amides is 1. The fraction of sp³-hybridized carbons (Fsp3) is 0.318. The van der Waals surface area contributed by atoms with Crippen LogP contribution in [0.2, 0.25) is 0 Å². The van der Waals surface area contributed by atoms with Gasteiger partial charge in [-0.1, -0.05) is 18.2 Å². The van der Waals surface area contributed by atoms with Gasteiger partial charge in [0.25, 0.3) is 5.91 Å². The summed E-state index contributed by atoms with van der Waals surface area (Å²) in [6.45, 7) is -0.0500. The van der Waals surface area contributed by atoms with Gasteiger partial charge in [-0.3, -0.25) is 9.59 Å². The molecule has 0 aromatic heterocycles. The van der Waals surface area contributed by atoms with Crippen molar-refractivity contribution in [2.75, 3.05) is 32.1 Å². The molecule has 0 spiro atoms. The molecular formula is C22H24N2O7S. The second-order valence-corrected chi connectivity index (χ2v) is 9.15. The van der Waals surface area contributed by atoms with Gasteiger partial charge >= 0.3 is 11.9 Å². The van der Waals surface area contributed by atoms with Crippen molar-refractivity contribution < 1.29 is 32.3 Å². The lowest BCUT2D eigenvalue weighted by Crippen LogP contribution is -2.40. The van der Waals surface area contributed by atoms with E-state index in [1.807, 2.05) is 0 Å². The summed E-state index contributed by atoms with van der Waals surface area (Å²) >= 11 is 0. The van der Waals surface area contributed by atoms with Gasteiger partial charge in [0.05, 0.1) is 23.5 Å². The predicted molar refractivity (Wildman–Crippen MR) is 115 cm³/mol. The Morgan fingerprint density at radius 3 is 2.22 bits per heavy atom. The number of carbonyl (C=O) groups is 3. The molecule has 0 bridgehead atoms. The van der Waals surface area contributed by atoms with E-state index in [9.17, 15) is 22.8 Å². The van der Waals surface area contributed by atoms with E-state index < -0.39 is 40.4 Å². The monoisotopic (exact) mass is 460 g/mol. The maximum absolute atomic E-state index is 12.7. The minimum Gasteiger partial charge on any atom is -0.465 e. The van der Waals surface area contributed by atoms with Crippen LogP contribution in [0.4, 0.5) is 5.69 Å². The second-order valence-electron chi connectivity index (χ2n) is 7.22. The average molecular weight is 461 g/mol. The van der Waals surface area contributed by atoms with Crippen molar-refractivity contribution in [1.29, 1.82) is 0 Å². The van der Waals surface area contributed by atoms with E-state index in [0.29, 0.717) is 24.1 Å². The maximum atomic E-state index is 12.7. The average Bonchev–Trinajstić information content (AvgIpc) is 2.83. The summed E-state index contributed by atoms with van der Waals surface area (Å²) in [5, 5.41) is 2.57. The van der Waals surface area contributed by atoms with Crippen LogP contribution in [0.3, 0.4) is 0 Å². The number of anilines is 1. The summed E-state index contributed by atoms with van der Waals surface area (Å²) in [5.74, 6) is -2.00. The molecule has 1 saturated heterocycles. The maximum Gasteiger partial charge on any atom is 0.337 e. The third kappa shape index (κ3) is 5.71. The first kappa shape index (κ1) is 23.4. The molecule has 32 heavy (non-hydrogen) atoms. The summed E-state index contributed by atoms with van der Waals surface area (Å²) in [6, 6.07) is 14.2. The van der Waals surface area contributed by atoms with Crippen LogP contribution in [0.25, 0.3) is 0 Å². The van der Waals surface area contributed by atoms with Crippen molar-refractivity contribution in [2.24, 2.45) is 5.92 Å². The van der Waals surface area contributed by atoms with Crippen LogP contribution in [-0.4, -0.2) is 57.4 Å². The highest BCUT2D eigenvalue weighted by Crippen LogP contribution is 2.24. The van der Waals surface area contributed by atoms with Crippen LogP contribution in [0, 0.1) is 5.92 Å².